The van der Waals surface area contributed by atoms with Crippen LogP contribution in [0, 0.1) is 6.92 Å². The topological polar surface area (TPSA) is 179 Å². The van der Waals surface area contributed by atoms with Crippen LogP contribution in [-0.2, 0) is 25.0 Å². The van der Waals surface area contributed by atoms with Crippen LogP contribution < -0.4 is 10.6 Å². The van der Waals surface area contributed by atoms with E-state index in [-0.39, 0.29) is 20.9 Å². The largest absolute Gasteiger partial charge is 0.295 e. The Kier molecular flexibility index (Phi) is 7.32. The first-order chi connectivity index (χ1) is 18.2. The number of hydrazone groups is 1. The summed E-state index contributed by atoms with van der Waals surface area (Å²) in [5.41, 5.74) is 2.52. The summed E-state index contributed by atoms with van der Waals surface area (Å²) in [6.07, 6.45) is 3.66. The van der Waals surface area contributed by atoms with Crippen LogP contribution in [0.25, 0.3) is 11.3 Å². The summed E-state index contributed by atoms with van der Waals surface area (Å²) in [4.78, 5) is 25.7. The van der Waals surface area contributed by atoms with Crippen LogP contribution in [0.15, 0.2) is 85.9 Å². The van der Waals surface area contributed by atoms with Crippen LogP contribution in [0.4, 0.5) is 5.69 Å². The highest BCUT2D eigenvalue weighted by molar-refractivity contribution is 7.86. The van der Waals surface area contributed by atoms with Crippen LogP contribution in [0.3, 0.4) is 0 Å². The lowest BCUT2D eigenvalue weighted by molar-refractivity contribution is -0.114. The third-order valence-corrected chi connectivity index (χ3v) is 7.79. The predicted molar refractivity (Wildman–Crippen MR) is 144 cm³/mol. The molecule has 0 spiro atoms. The standard InChI is InChI=1S/C25H24N4O8S2/c1-4-17(23-16(3)27-29(25(23)31)19-8-12-21(13-9-19)39(35,36)37)5-14-22-15(2)26-28(24(22)30)18-6-10-20(11-7-18)38(32,33)34/h5-14,27H,4H2,1-3H3,(H,32,33,34)(H,35,36,37). The molecule has 3 N–H and O–H groups in total. The lowest BCUT2D eigenvalue weighted by Gasteiger charge is -2.11. The van der Waals surface area contributed by atoms with Crippen molar-refractivity contribution in [2.24, 2.45) is 5.10 Å². The number of hydrogen-bond acceptors (Lipinski definition) is 7. The van der Waals surface area contributed by atoms with Crippen LogP contribution in [0.1, 0.15) is 31.5 Å². The third kappa shape index (κ3) is 5.54. The molecule has 1 amide bonds. The summed E-state index contributed by atoms with van der Waals surface area (Å²) in [7, 11) is -8.75. The number of carbonyl (C=O) groups excluding carboxylic acids is 1. The molecule has 0 saturated carbocycles. The van der Waals surface area contributed by atoms with Gasteiger partial charge in [0, 0.05) is 5.69 Å². The molecule has 4 rings (SSSR count). The highest BCUT2D eigenvalue weighted by Gasteiger charge is 2.28. The highest BCUT2D eigenvalue weighted by atomic mass is 32.2. The van der Waals surface area contributed by atoms with Crippen LogP contribution in [0.2, 0.25) is 0 Å². The third-order valence-electron chi connectivity index (χ3n) is 6.06. The van der Waals surface area contributed by atoms with E-state index in [0.29, 0.717) is 40.3 Å². The first-order valence-corrected chi connectivity index (χ1v) is 14.4. The molecule has 0 bridgehead atoms. The van der Waals surface area contributed by atoms with E-state index in [0.717, 1.165) is 17.1 Å². The van der Waals surface area contributed by atoms with E-state index in [1.807, 2.05) is 6.92 Å². The Morgan fingerprint density at radius 1 is 0.897 bits per heavy atom. The van der Waals surface area contributed by atoms with E-state index < -0.39 is 26.1 Å². The maximum Gasteiger partial charge on any atom is 0.294 e. The fraction of sp³-hybridized carbons (Fsp3) is 0.160. The number of nitrogens with zero attached hydrogens (tertiary/aromatic N) is 3. The summed E-state index contributed by atoms with van der Waals surface area (Å²) in [6.45, 7) is 5.20. The number of benzene rings is 2. The van der Waals surface area contributed by atoms with Gasteiger partial charge in [-0.3, -0.25) is 23.8 Å². The molecule has 1 aliphatic heterocycles. The van der Waals surface area contributed by atoms with Gasteiger partial charge in [-0.15, -0.1) is 0 Å². The van der Waals surface area contributed by atoms with Gasteiger partial charge in [-0.1, -0.05) is 13.0 Å². The second-order valence-corrected chi connectivity index (χ2v) is 11.5. The van der Waals surface area contributed by atoms with E-state index in [1.165, 1.54) is 41.1 Å². The summed E-state index contributed by atoms with van der Waals surface area (Å²) in [6, 6.07) is 10.2. The smallest absolute Gasteiger partial charge is 0.294 e. The fourth-order valence-corrected chi connectivity index (χ4v) is 5.04. The second kappa shape index (κ2) is 10.2. The zero-order valence-corrected chi connectivity index (χ0v) is 22.6. The van der Waals surface area contributed by atoms with Crippen LogP contribution >= 0.6 is 0 Å². The van der Waals surface area contributed by atoms with Gasteiger partial charge in [-0.2, -0.15) is 26.9 Å². The second-order valence-electron chi connectivity index (χ2n) is 8.62. The number of carbonyl (C=O) groups is 1. The molecule has 2 aromatic carbocycles. The minimum atomic E-state index is -4.38. The number of rotatable bonds is 7. The minimum absolute atomic E-state index is 0.272. The SMILES string of the molecule is CCC(=CC=C1C(=O)N(c2ccc(S(=O)(=O)O)cc2)N=C1C)c1c(C)[nH]n(-c2ccc(S(=O)(=O)O)cc2)c1=O. The lowest BCUT2D eigenvalue weighted by Crippen LogP contribution is -2.21. The number of aromatic amines is 1. The van der Waals surface area contributed by atoms with E-state index in [1.54, 1.807) is 26.0 Å². The Balaban J connectivity index is 1.65. The molecule has 14 heteroatoms. The first kappa shape index (κ1) is 27.9. The Bertz CT molecular complexity index is 1830. The summed E-state index contributed by atoms with van der Waals surface area (Å²) in [5, 5.41) is 8.32. The zero-order chi connectivity index (χ0) is 28.7. The van der Waals surface area contributed by atoms with E-state index in [9.17, 15) is 31.0 Å². The Morgan fingerprint density at radius 2 is 1.41 bits per heavy atom. The number of aryl methyl sites for hydroxylation is 1. The van der Waals surface area contributed by atoms with Gasteiger partial charge in [-0.05, 0) is 80.4 Å². The Morgan fingerprint density at radius 3 is 1.90 bits per heavy atom. The predicted octanol–water partition coefficient (Wildman–Crippen LogP) is 3.11. The van der Waals surface area contributed by atoms with Crippen molar-refractivity contribution in [2.45, 2.75) is 37.0 Å². The molecule has 2 heterocycles. The van der Waals surface area contributed by atoms with Crippen molar-refractivity contribution in [3.8, 4) is 5.69 Å². The number of anilines is 1. The highest BCUT2D eigenvalue weighted by Crippen LogP contribution is 2.26. The van der Waals surface area contributed by atoms with E-state index >= 15 is 0 Å². The maximum absolute atomic E-state index is 13.3. The van der Waals surface area contributed by atoms with Crippen molar-refractivity contribution in [2.75, 3.05) is 5.01 Å². The maximum atomic E-state index is 13.3. The molecule has 0 atom stereocenters. The molecule has 0 saturated heterocycles. The van der Waals surface area contributed by atoms with Gasteiger partial charge in [0.05, 0.1) is 38.0 Å². The van der Waals surface area contributed by atoms with Crippen molar-refractivity contribution in [3.05, 3.63) is 87.9 Å². The summed E-state index contributed by atoms with van der Waals surface area (Å²) >= 11 is 0. The molecule has 12 nitrogen and oxygen atoms in total. The summed E-state index contributed by atoms with van der Waals surface area (Å²) < 4.78 is 64.8. The number of aromatic nitrogens is 2. The first-order valence-electron chi connectivity index (χ1n) is 11.5. The van der Waals surface area contributed by atoms with Crippen molar-refractivity contribution in [3.63, 3.8) is 0 Å². The normalized spacial score (nSPS) is 15.8. The van der Waals surface area contributed by atoms with Gasteiger partial charge >= 0.3 is 0 Å². The Labute approximate surface area is 224 Å². The molecule has 204 valence electrons. The number of nitrogens with one attached hydrogen (secondary N) is 1. The zero-order valence-electron chi connectivity index (χ0n) is 21.0. The Hall–Kier alpha value is -4.11. The van der Waals surface area contributed by atoms with E-state index in [2.05, 4.69) is 10.2 Å². The molecular weight excluding hydrogens is 548 g/mol. The molecule has 0 aliphatic carbocycles. The van der Waals surface area contributed by atoms with Crippen molar-refractivity contribution in [1.82, 2.24) is 9.78 Å². The van der Waals surface area contributed by atoms with Crippen molar-refractivity contribution >= 4 is 43.1 Å². The molecule has 0 radical (unpaired) electrons. The molecule has 0 unspecified atom stereocenters. The van der Waals surface area contributed by atoms with Gasteiger partial charge in [0.1, 0.15) is 0 Å². The molecule has 39 heavy (non-hydrogen) atoms. The minimum Gasteiger partial charge on any atom is -0.295 e. The average Bonchev–Trinajstić information content (AvgIpc) is 3.33. The number of amides is 1. The van der Waals surface area contributed by atoms with Gasteiger partial charge in [0.15, 0.2) is 0 Å². The van der Waals surface area contributed by atoms with Gasteiger partial charge in [0.25, 0.3) is 31.7 Å². The number of allylic oxidation sites excluding steroid dienone is 3. The molecule has 0 fully saturated rings. The summed E-state index contributed by atoms with van der Waals surface area (Å²) in [5.74, 6) is -0.457. The van der Waals surface area contributed by atoms with Gasteiger partial charge in [0.2, 0.25) is 0 Å². The van der Waals surface area contributed by atoms with Gasteiger partial charge in [-0.25, -0.2) is 4.68 Å². The number of H-pyrrole nitrogens is 1. The number of hydrogen-bond donors (Lipinski definition) is 3. The average molecular weight is 573 g/mol. The van der Waals surface area contributed by atoms with Crippen molar-refractivity contribution < 1.29 is 30.7 Å². The molecular formula is C25H24N4O8S2. The molecule has 3 aromatic rings. The molecule has 1 aliphatic rings. The van der Waals surface area contributed by atoms with Gasteiger partial charge < -0.3 is 0 Å². The van der Waals surface area contributed by atoms with Crippen molar-refractivity contribution in [1.29, 1.82) is 0 Å². The van der Waals surface area contributed by atoms with Crippen LogP contribution in [-0.4, -0.2) is 47.3 Å². The lowest BCUT2D eigenvalue weighted by atomic mass is 10.0. The van der Waals surface area contributed by atoms with E-state index in [4.69, 9.17) is 4.55 Å². The molecule has 1 aromatic heterocycles. The quantitative estimate of drug-likeness (QED) is 0.285. The van der Waals surface area contributed by atoms with Crippen LogP contribution in [0.5, 0.6) is 0 Å². The monoisotopic (exact) mass is 572 g/mol. The fourth-order valence-electron chi connectivity index (χ4n) is 4.08.